The average molecular weight is 310 g/mol. The normalized spacial score (nSPS) is 20.6. The van der Waals surface area contributed by atoms with Gasteiger partial charge in [0.2, 0.25) is 0 Å². The van der Waals surface area contributed by atoms with Crippen molar-refractivity contribution in [3.05, 3.63) is 47.9 Å². The second-order valence-electron chi connectivity index (χ2n) is 6.11. The molecule has 0 bridgehead atoms. The van der Waals surface area contributed by atoms with Gasteiger partial charge in [-0.3, -0.25) is 4.79 Å². The Bertz CT molecular complexity index is 866. The minimum absolute atomic E-state index is 0.0730. The maximum atomic E-state index is 11.3. The maximum absolute atomic E-state index is 11.3. The topological polar surface area (TPSA) is 72.9 Å². The first-order chi connectivity index (χ1) is 11.2. The molecule has 1 aliphatic heterocycles. The molecule has 0 spiro atoms. The van der Waals surface area contributed by atoms with Crippen molar-refractivity contribution in [3.8, 4) is 0 Å². The first-order valence-corrected chi connectivity index (χ1v) is 7.85. The Morgan fingerprint density at radius 1 is 1.39 bits per heavy atom. The molecule has 0 amide bonds. The molecule has 6 nitrogen and oxygen atoms in total. The summed E-state index contributed by atoms with van der Waals surface area (Å²) >= 11 is 0. The number of aliphatic carboxylic acids is 1. The number of carboxylic acids is 1. The Hall–Kier alpha value is -2.63. The van der Waals surface area contributed by atoms with Crippen molar-refractivity contribution in [1.29, 1.82) is 0 Å². The SMILES string of the molecule is CC1C(n2ccnn2)CCc2c(CC(=O)O)c3ccccc3n21. The molecule has 1 aliphatic rings. The average Bonchev–Trinajstić information content (AvgIpc) is 3.15. The highest BCUT2D eigenvalue weighted by atomic mass is 16.4. The number of para-hydroxylation sites is 1. The predicted octanol–water partition coefficient (Wildman–Crippen LogP) is 2.61. The lowest BCUT2D eigenvalue weighted by Gasteiger charge is -2.32. The van der Waals surface area contributed by atoms with Gasteiger partial charge in [0.1, 0.15) is 0 Å². The molecular formula is C17H18N4O2. The summed E-state index contributed by atoms with van der Waals surface area (Å²) in [6.07, 6.45) is 5.46. The van der Waals surface area contributed by atoms with Gasteiger partial charge in [0.05, 0.1) is 24.7 Å². The van der Waals surface area contributed by atoms with Crippen LogP contribution in [0.3, 0.4) is 0 Å². The third-order valence-electron chi connectivity index (χ3n) is 4.88. The van der Waals surface area contributed by atoms with Crippen molar-refractivity contribution in [2.75, 3.05) is 0 Å². The van der Waals surface area contributed by atoms with E-state index in [1.807, 2.05) is 29.1 Å². The number of rotatable bonds is 3. The number of nitrogens with zero attached hydrogens (tertiary/aromatic N) is 4. The van der Waals surface area contributed by atoms with Crippen LogP contribution in [0.15, 0.2) is 36.7 Å². The summed E-state index contributed by atoms with van der Waals surface area (Å²) in [7, 11) is 0. The van der Waals surface area contributed by atoms with Gasteiger partial charge in [-0.1, -0.05) is 23.4 Å². The lowest BCUT2D eigenvalue weighted by molar-refractivity contribution is -0.136. The van der Waals surface area contributed by atoms with Crippen molar-refractivity contribution in [2.45, 2.75) is 38.3 Å². The van der Waals surface area contributed by atoms with Crippen LogP contribution in [0, 0.1) is 0 Å². The van der Waals surface area contributed by atoms with Crippen LogP contribution in [-0.2, 0) is 17.6 Å². The highest BCUT2D eigenvalue weighted by molar-refractivity contribution is 5.89. The van der Waals surface area contributed by atoms with Gasteiger partial charge in [-0.15, -0.1) is 5.10 Å². The molecule has 0 fully saturated rings. The summed E-state index contributed by atoms with van der Waals surface area (Å²) in [5, 5.41) is 18.4. The smallest absolute Gasteiger partial charge is 0.307 e. The monoisotopic (exact) mass is 310 g/mol. The van der Waals surface area contributed by atoms with E-state index in [0.29, 0.717) is 0 Å². The number of hydrogen-bond acceptors (Lipinski definition) is 3. The van der Waals surface area contributed by atoms with Crippen molar-refractivity contribution < 1.29 is 9.90 Å². The Morgan fingerprint density at radius 2 is 2.22 bits per heavy atom. The van der Waals surface area contributed by atoms with Gasteiger partial charge in [-0.05, 0) is 31.4 Å². The fraction of sp³-hybridized carbons (Fsp3) is 0.353. The number of aromatic nitrogens is 4. The van der Waals surface area contributed by atoms with Gasteiger partial charge >= 0.3 is 5.97 Å². The Kier molecular flexibility index (Phi) is 3.18. The molecule has 3 aromatic rings. The van der Waals surface area contributed by atoms with E-state index in [1.165, 1.54) is 0 Å². The van der Waals surface area contributed by atoms with E-state index in [2.05, 4.69) is 27.9 Å². The van der Waals surface area contributed by atoms with Gasteiger partial charge < -0.3 is 9.67 Å². The van der Waals surface area contributed by atoms with Gasteiger partial charge in [0, 0.05) is 22.8 Å². The minimum Gasteiger partial charge on any atom is -0.481 e. The second-order valence-corrected chi connectivity index (χ2v) is 6.11. The highest BCUT2D eigenvalue weighted by Crippen LogP contribution is 2.40. The number of benzene rings is 1. The quantitative estimate of drug-likeness (QED) is 0.807. The molecule has 23 heavy (non-hydrogen) atoms. The molecule has 6 heteroatoms. The van der Waals surface area contributed by atoms with Crippen LogP contribution < -0.4 is 0 Å². The van der Waals surface area contributed by atoms with Crippen LogP contribution in [0.25, 0.3) is 10.9 Å². The van der Waals surface area contributed by atoms with Crippen LogP contribution in [0.1, 0.15) is 36.7 Å². The van der Waals surface area contributed by atoms with E-state index in [1.54, 1.807) is 6.20 Å². The molecule has 2 aromatic heterocycles. The van der Waals surface area contributed by atoms with Crippen LogP contribution in [-0.4, -0.2) is 30.6 Å². The van der Waals surface area contributed by atoms with Gasteiger partial charge in [-0.25, -0.2) is 4.68 Å². The third-order valence-corrected chi connectivity index (χ3v) is 4.88. The number of carboxylic acid groups (broad SMARTS) is 1. The first kappa shape index (κ1) is 14.0. The van der Waals surface area contributed by atoms with Gasteiger partial charge in [0.25, 0.3) is 0 Å². The summed E-state index contributed by atoms with van der Waals surface area (Å²) in [6.45, 7) is 2.17. The minimum atomic E-state index is -0.782. The highest BCUT2D eigenvalue weighted by Gasteiger charge is 2.32. The first-order valence-electron chi connectivity index (χ1n) is 7.85. The zero-order valence-corrected chi connectivity index (χ0v) is 12.9. The Labute approximate surface area is 133 Å². The number of hydrogen-bond donors (Lipinski definition) is 1. The summed E-state index contributed by atoms with van der Waals surface area (Å²) in [5.74, 6) is -0.782. The van der Waals surface area contributed by atoms with Gasteiger partial charge in [-0.2, -0.15) is 0 Å². The van der Waals surface area contributed by atoms with E-state index >= 15 is 0 Å². The molecule has 2 atom stereocenters. The maximum Gasteiger partial charge on any atom is 0.307 e. The molecule has 0 saturated heterocycles. The number of fused-ring (bicyclic) bond motifs is 3. The van der Waals surface area contributed by atoms with Crippen molar-refractivity contribution in [1.82, 2.24) is 19.6 Å². The molecule has 1 N–H and O–H groups in total. The summed E-state index contributed by atoms with van der Waals surface area (Å²) in [4.78, 5) is 11.3. The molecule has 0 aliphatic carbocycles. The zero-order chi connectivity index (χ0) is 16.0. The number of carbonyl (C=O) groups is 1. The van der Waals surface area contributed by atoms with Crippen molar-refractivity contribution in [3.63, 3.8) is 0 Å². The molecule has 3 heterocycles. The summed E-state index contributed by atoms with van der Waals surface area (Å²) < 4.78 is 4.21. The van der Waals surface area contributed by atoms with Crippen LogP contribution in [0.4, 0.5) is 0 Å². The fourth-order valence-corrected chi connectivity index (χ4v) is 3.92. The Morgan fingerprint density at radius 3 is 2.96 bits per heavy atom. The summed E-state index contributed by atoms with van der Waals surface area (Å²) in [5.41, 5.74) is 3.21. The van der Waals surface area contributed by atoms with Crippen LogP contribution in [0.5, 0.6) is 0 Å². The summed E-state index contributed by atoms with van der Waals surface area (Å²) in [6, 6.07) is 8.51. The van der Waals surface area contributed by atoms with Crippen molar-refractivity contribution >= 4 is 16.9 Å². The Balaban J connectivity index is 1.89. The van der Waals surface area contributed by atoms with E-state index in [0.717, 1.165) is 35.0 Å². The van der Waals surface area contributed by atoms with Crippen LogP contribution in [0.2, 0.25) is 0 Å². The lowest BCUT2D eigenvalue weighted by atomic mass is 9.95. The second kappa shape index (κ2) is 5.22. The predicted molar refractivity (Wildman–Crippen MR) is 85.4 cm³/mol. The van der Waals surface area contributed by atoms with E-state index < -0.39 is 5.97 Å². The largest absolute Gasteiger partial charge is 0.481 e. The van der Waals surface area contributed by atoms with Crippen molar-refractivity contribution in [2.24, 2.45) is 0 Å². The zero-order valence-electron chi connectivity index (χ0n) is 12.9. The standard InChI is InChI=1S/C17H18N4O2/c1-11-14(20-9-8-18-19-20)6-7-16-13(10-17(22)23)12-4-2-3-5-15(12)21(11)16/h2-5,8-9,11,14H,6-7,10H2,1H3,(H,22,23). The van der Waals surface area contributed by atoms with Crippen LogP contribution >= 0.6 is 0 Å². The molecule has 0 saturated carbocycles. The third kappa shape index (κ3) is 2.13. The molecule has 2 unspecified atom stereocenters. The van der Waals surface area contributed by atoms with Gasteiger partial charge in [0.15, 0.2) is 0 Å². The molecule has 4 rings (SSSR count). The molecule has 118 valence electrons. The molecular weight excluding hydrogens is 292 g/mol. The van der Waals surface area contributed by atoms with E-state index in [4.69, 9.17) is 0 Å². The van der Waals surface area contributed by atoms with E-state index in [-0.39, 0.29) is 18.5 Å². The molecule has 0 radical (unpaired) electrons. The fourth-order valence-electron chi connectivity index (χ4n) is 3.92. The molecule has 1 aromatic carbocycles. The lowest BCUT2D eigenvalue weighted by Crippen LogP contribution is -2.28. The van der Waals surface area contributed by atoms with E-state index in [9.17, 15) is 9.90 Å².